The Morgan fingerprint density at radius 1 is 1.22 bits per heavy atom. The monoisotopic (exact) mass is 352 g/mol. The molecule has 7 heteroatoms. The van der Waals surface area contributed by atoms with Gasteiger partial charge in [-0.3, -0.25) is 0 Å². The number of rotatable bonds is 4. The lowest BCUT2D eigenvalue weighted by molar-refractivity contribution is 0.261. The number of ether oxygens (including phenoxy) is 1. The number of hydrogen-bond donors (Lipinski definition) is 1. The molecule has 1 unspecified atom stereocenters. The molecule has 0 fully saturated rings. The SMILES string of the molecule is O=S(=O)(NCC1CCOc2c([S])cccc21)c1ccc(F)cc1. The van der Waals surface area contributed by atoms with Crippen LogP contribution in [0.2, 0.25) is 0 Å². The molecule has 23 heavy (non-hydrogen) atoms. The van der Waals surface area contributed by atoms with E-state index in [4.69, 9.17) is 17.4 Å². The number of para-hydroxylation sites is 1. The Kier molecular flexibility index (Phi) is 4.52. The molecular weight excluding hydrogens is 337 g/mol. The smallest absolute Gasteiger partial charge is 0.240 e. The van der Waals surface area contributed by atoms with E-state index in [0.717, 1.165) is 17.7 Å². The van der Waals surface area contributed by atoms with Crippen molar-refractivity contribution in [1.82, 2.24) is 4.72 Å². The first-order valence-corrected chi connectivity index (χ1v) is 9.04. The van der Waals surface area contributed by atoms with Crippen molar-refractivity contribution in [2.24, 2.45) is 0 Å². The molecule has 0 aromatic heterocycles. The summed E-state index contributed by atoms with van der Waals surface area (Å²) in [5.74, 6) is 0.192. The van der Waals surface area contributed by atoms with Gasteiger partial charge in [-0.25, -0.2) is 17.5 Å². The molecule has 2 aromatic carbocycles. The van der Waals surface area contributed by atoms with Gasteiger partial charge in [-0.1, -0.05) is 24.8 Å². The van der Waals surface area contributed by atoms with Gasteiger partial charge in [-0.05, 0) is 36.8 Å². The third kappa shape index (κ3) is 3.46. The van der Waals surface area contributed by atoms with Crippen molar-refractivity contribution in [3.05, 3.63) is 53.8 Å². The molecule has 1 atom stereocenters. The highest BCUT2D eigenvalue weighted by Gasteiger charge is 2.25. The summed E-state index contributed by atoms with van der Waals surface area (Å²) in [5.41, 5.74) is 0.922. The van der Waals surface area contributed by atoms with Crippen molar-refractivity contribution >= 4 is 22.7 Å². The molecule has 0 amide bonds. The van der Waals surface area contributed by atoms with E-state index >= 15 is 0 Å². The van der Waals surface area contributed by atoms with Gasteiger partial charge in [0, 0.05) is 18.0 Å². The van der Waals surface area contributed by atoms with E-state index in [1.807, 2.05) is 12.1 Å². The molecule has 0 spiro atoms. The molecule has 1 aliphatic rings. The summed E-state index contributed by atoms with van der Waals surface area (Å²) in [6.07, 6.45) is 0.706. The Hall–Kier alpha value is -1.70. The highest BCUT2D eigenvalue weighted by Crippen LogP contribution is 2.37. The highest BCUT2D eigenvalue weighted by molar-refractivity contribution is 7.89. The van der Waals surface area contributed by atoms with E-state index in [2.05, 4.69) is 4.72 Å². The minimum Gasteiger partial charge on any atom is -0.492 e. The average molecular weight is 352 g/mol. The standard InChI is InChI=1S/C16H15FNO3S2/c17-12-4-6-13(7-5-12)23(19,20)18-10-11-8-9-21-16-14(11)2-1-3-15(16)22/h1-7,11,18H,8-10H2. The molecule has 0 saturated carbocycles. The van der Waals surface area contributed by atoms with Crippen LogP contribution in [0.1, 0.15) is 17.9 Å². The quantitative estimate of drug-likeness (QED) is 0.919. The maximum atomic E-state index is 12.9. The summed E-state index contributed by atoms with van der Waals surface area (Å²) >= 11 is 5.24. The zero-order valence-electron chi connectivity index (χ0n) is 12.2. The van der Waals surface area contributed by atoms with E-state index in [1.54, 1.807) is 6.07 Å². The van der Waals surface area contributed by atoms with Crippen LogP contribution in [-0.4, -0.2) is 21.6 Å². The lowest BCUT2D eigenvalue weighted by Crippen LogP contribution is -2.31. The summed E-state index contributed by atoms with van der Waals surface area (Å²) in [7, 11) is -3.67. The summed E-state index contributed by atoms with van der Waals surface area (Å²) in [5, 5.41) is 0. The van der Waals surface area contributed by atoms with Gasteiger partial charge in [0.25, 0.3) is 0 Å². The minimum atomic E-state index is -3.67. The van der Waals surface area contributed by atoms with Crippen LogP contribution < -0.4 is 9.46 Å². The Morgan fingerprint density at radius 3 is 2.70 bits per heavy atom. The fraction of sp³-hybridized carbons (Fsp3) is 0.250. The average Bonchev–Trinajstić information content (AvgIpc) is 2.54. The van der Waals surface area contributed by atoms with Crippen molar-refractivity contribution < 1.29 is 17.5 Å². The molecule has 1 heterocycles. The summed E-state index contributed by atoms with van der Waals surface area (Å²) in [4.78, 5) is 0.678. The highest BCUT2D eigenvalue weighted by atomic mass is 32.2. The summed E-state index contributed by atoms with van der Waals surface area (Å²) < 4.78 is 45.7. The lowest BCUT2D eigenvalue weighted by atomic mass is 9.93. The van der Waals surface area contributed by atoms with E-state index in [9.17, 15) is 12.8 Å². The van der Waals surface area contributed by atoms with Crippen molar-refractivity contribution in [2.75, 3.05) is 13.2 Å². The molecule has 1 aliphatic heterocycles. The van der Waals surface area contributed by atoms with Crippen molar-refractivity contribution in [1.29, 1.82) is 0 Å². The molecule has 1 radical (unpaired) electrons. The summed E-state index contributed by atoms with van der Waals surface area (Å²) in [6.45, 7) is 0.748. The van der Waals surface area contributed by atoms with Crippen LogP contribution in [0, 0.1) is 5.82 Å². The molecular formula is C16H15FNO3S2. The maximum Gasteiger partial charge on any atom is 0.240 e. The normalized spacial score (nSPS) is 17.3. The minimum absolute atomic E-state index is 0.00290. The van der Waals surface area contributed by atoms with Crippen LogP contribution in [0.5, 0.6) is 5.75 Å². The number of fused-ring (bicyclic) bond motifs is 1. The number of halogens is 1. The number of hydrogen-bond acceptors (Lipinski definition) is 3. The Morgan fingerprint density at radius 2 is 1.96 bits per heavy atom. The van der Waals surface area contributed by atoms with E-state index in [0.29, 0.717) is 23.7 Å². The second-order valence-electron chi connectivity index (χ2n) is 5.31. The second-order valence-corrected chi connectivity index (χ2v) is 7.52. The van der Waals surface area contributed by atoms with E-state index in [-0.39, 0.29) is 17.4 Å². The van der Waals surface area contributed by atoms with Gasteiger partial charge in [0.05, 0.1) is 16.4 Å². The van der Waals surface area contributed by atoms with Crippen LogP contribution in [0.4, 0.5) is 4.39 Å². The molecule has 121 valence electrons. The van der Waals surface area contributed by atoms with Gasteiger partial charge < -0.3 is 4.74 Å². The molecule has 3 rings (SSSR count). The first-order valence-electron chi connectivity index (χ1n) is 7.15. The second kappa shape index (κ2) is 6.43. The first-order chi connectivity index (χ1) is 11.0. The van der Waals surface area contributed by atoms with Crippen molar-refractivity contribution in [2.45, 2.75) is 22.1 Å². The van der Waals surface area contributed by atoms with Crippen LogP contribution in [0.3, 0.4) is 0 Å². The van der Waals surface area contributed by atoms with Crippen LogP contribution in [-0.2, 0) is 10.0 Å². The first kappa shape index (κ1) is 16.2. The van der Waals surface area contributed by atoms with Crippen molar-refractivity contribution in [3.63, 3.8) is 0 Å². The zero-order valence-corrected chi connectivity index (χ0v) is 13.8. The number of sulfonamides is 1. The topological polar surface area (TPSA) is 55.4 Å². The summed E-state index contributed by atoms with van der Waals surface area (Å²) in [6, 6.07) is 10.3. The van der Waals surface area contributed by atoms with Gasteiger partial charge in [0.1, 0.15) is 11.6 Å². The molecule has 4 nitrogen and oxygen atoms in total. The fourth-order valence-electron chi connectivity index (χ4n) is 2.59. The lowest BCUT2D eigenvalue weighted by Gasteiger charge is -2.26. The number of nitrogens with one attached hydrogen (secondary N) is 1. The third-order valence-electron chi connectivity index (χ3n) is 3.81. The van der Waals surface area contributed by atoms with Crippen LogP contribution in [0.15, 0.2) is 52.3 Å². The molecule has 1 N–H and O–H groups in total. The number of benzene rings is 2. The Bertz CT molecular complexity index is 807. The molecule has 2 aromatic rings. The van der Waals surface area contributed by atoms with Crippen LogP contribution in [0.25, 0.3) is 0 Å². The van der Waals surface area contributed by atoms with E-state index < -0.39 is 15.8 Å². The van der Waals surface area contributed by atoms with Gasteiger partial charge in [0.15, 0.2) is 0 Å². The molecule has 0 saturated heterocycles. The van der Waals surface area contributed by atoms with E-state index in [1.165, 1.54) is 12.1 Å². The predicted molar refractivity (Wildman–Crippen MR) is 86.7 cm³/mol. The van der Waals surface area contributed by atoms with Crippen molar-refractivity contribution in [3.8, 4) is 5.75 Å². The van der Waals surface area contributed by atoms with Crippen LogP contribution >= 0.6 is 12.6 Å². The van der Waals surface area contributed by atoms with Gasteiger partial charge in [-0.2, -0.15) is 0 Å². The third-order valence-corrected chi connectivity index (χ3v) is 5.57. The Labute approximate surface area is 140 Å². The van der Waals surface area contributed by atoms with Gasteiger partial charge in [0.2, 0.25) is 10.0 Å². The maximum absolute atomic E-state index is 12.9. The van der Waals surface area contributed by atoms with Gasteiger partial charge >= 0.3 is 0 Å². The van der Waals surface area contributed by atoms with Gasteiger partial charge in [-0.15, -0.1) is 0 Å². The predicted octanol–water partition coefficient (Wildman–Crippen LogP) is 3.23. The fourth-order valence-corrected chi connectivity index (χ4v) is 3.92. The largest absolute Gasteiger partial charge is 0.492 e. The zero-order chi connectivity index (χ0) is 16.4. The molecule has 0 aliphatic carbocycles. The molecule has 0 bridgehead atoms. The Balaban J connectivity index is 1.77.